The highest BCUT2D eigenvalue weighted by molar-refractivity contribution is 7.21. The van der Waals surface area contributed by atoms with Crippen LogP contribution in [0.5, 0.6) is 0 Å². The molecule has 27 heavy (non-hydrogen) atoms. The number of pyridine rings is 1. The monoisotopic (exact) mass is 374 g/mol. The van der Waals surface area contributed by atoms with E-state index in [-0.39, 0.29) is 0 Å². The Morgan fingerprint density at radius 2 is 1.74 bits per heavy atom. The number of hydrogen-bond donors (Lipinski definition) is 1. The zero-order valence-electron chi connectivity index (χ0n) is 15.0. The molecule has 0 atom stereocenters. The number of benzene rings is 2. The van der Waals surface area contributed by atoms with Crippen molar-refractivity contribution in [2.45, 2.75) is 6.92 Å². The van der Waals surface area contributed by atoms with Crippen LogP contribution in [0.4, 0.5) is 5.69 Å². The quantitative estimate of drug-likeness (QED) is 0.494. The second-order valence-corrected chi connectivity index (χ2v) is 7.30. The summed E-state index contributed by atoms with van der Waals surface area (Å²) in [6.45, 7) is 2.05. The number of fused-ring (bicyclic) bond motifs is 1. The third-order valence-corrected chi connectivity index (χ3v) is 5.58. The maximum atomic E-state index is 12.1. The van der Waals surface area contributed by atoms with Gasteiger partial charge in [-0.15, -0.1) is 11.3 Å². The summed E-state index contributed by atoms with van der Waals surface area (Å²) >= 11 is 1.27. The van der Waals surface area contributed by atoms with Crippen molar-refractivity contribution in [2.75, 3.05) is 12.8 Å². The number of ether oxygens (including phenoxy) is 1. The molecule has 134 valence electrons. The van der Waals surface area contributed by atoms with Gasteiger partial charge in [0.15, 0.2) is 0 Å². The minimum absolute atomic E-state index is 0.388. The van der Waals surface area contributed by atoms with E-state index in [0.717, 1.165) is 32.6 Å². The molecule has 0 unspecified atom stereocenters. The van der Waals surface area contributed by atoms with E-state index in [4.69, 9.17) is 15.5 Å². The number of nitrogen functional groups attached to an aromatic ring is 1. The van der Waals surface area contributed by atoms with Crippen LogP contribution >= 0.6 is 11.3 Å². The van der Waals surface area contributed by atoms with E-state index in [1.54, 1.807) is 0 Å². The lowest BCUT2D eigenvalue weighted by Crippen LogP contribution is -2.01. The third kappa shape index (κ3) is 3.06. The highest BCUT2D eigenvalue weighted by Crippen LogP contribution is 2.41. The highest BCUT2D eigenvalue weighted by Gasteiger charge is 2.21. The second kappa shape index (κ2) is 6.85. The molecule has 2 aromatic carbocycles. The molecule has 2 heterocycles. The number of esters is 1. The van der Waals surface area contributed by atoms with Crippen LogP contribution in [0, 0.1) is 6.92 Å². The number of nitrogens with two attached hydrogens (primary N) is 1. The fourth-order valence-electron chi connectivity index (χ4n) is 3.08. The van der Waals surface area contributed by atoms with E-state index in [1.165, 1.54) is 24.0 Å². The number of hydrogen-bond acceptors (Lipinski definition) is 5. The molecule has 0 aliphatic carbocycles. The van der Waals surface area contributed by atoms with E-state index in [9.17, 15) is 4.79 Å². The van der Waals surface area contributed by atoms with Gasteiger partial charge in [-0.05, 0) is 24.1 Å². The minimum atomic E-state index is -0.438. The van der Waals surface area contributed by atoms with Gasteiger partial charge in [0.05, 0.1) is 18.5 Å². The number of carbonyl (C=O) groups is 1. The highest BCUT2D eigenvalue weighted by atomic mass is 32.1. The van der Waals surface area contributed by atoms with Gasteiger partial charge in [-0.1, -0.05) is 60.2 Å². The first-order valence-electron chi connectivity index (χ1n) is 8.52. The molecule has 5 heteroatoms. The first-order chi connectivity index (χ1) is 13.1. The van der Waals surface area contributed by atoms with Crippen molar-refractivity contribution < 1.29 is 9.53 Å². The SMILES string of the molecule is COC(=O)c1sc2nc(-c3ccccc3)cc(-c3ccc(C)cc3)c2c1N. The maximum absolute atomic E-state index is 12.1. The zero-order valence-corrected chi connectivity index (χ0v) is 15.8. The molecule has 0 fully saturated rings. The van der Waals surface area contributed by atoms with E-state index in [0.29, 0.717) is 10.6 Å². The number of aryl methyl sites for hydroxylation is 1. The molecule has 0 aliphatic heterocycles. The average Bonchev–Trinajstić information content (AvgIpc) is 3.04. The van der Waals surface area contributed by atoms with Crippen molar-refractivity contribution in [3.63, 3.8) is 0 Å². The Bertz CT molecular complexity index is 1130. The number of thiophene rings is 1. The Morgan fingerprint density at radius 3 is 2.41 bits per heavy atom. The summed E-state index contributed by atoms with van der Waals surface area (Å²) in [7, 11) is 1.36. The van der Waals surface area contributed by atoms with E-state index in [1.807, 2.05) is 36.4 Å². The molecule has 0 saturated heterocycles. The maximum Gasteiger partial charge on any atom is 0.350 e. The number of anilines is 1. The summed E-state index contributed by atoms with van der Waals surface area (Å²) in [5, 5.41) is 0.795. The fraction of sp³-hybridized carbons (Fsp3) is 0.0909. The lowest BCUT2D eigenvalue weighted by atomic mass is 9.99. The largest absolute Gasteiger partial charge is 0.465 e. The van der Waals surface area contributed by atoms with Crippen LogP contribution in [-0.2, 0) is 4.74 Å². The minimum Gasteiger partial charge on any atom is -0.465 e. The van der Waals surface area contributed by atoms with Crippen LogP contribution in [-0.4, -0.2) is 18.1 Å². The van der Waals surface area contributed by atoms with Gasteiger partial charge in [0.25, 0.3) is 0 Å². The van der Waals surface area contributed by atoms with Gasteiger partial charge >= 0.3 is 5.97 Å². The summed E-state index contributed by atoms with van der Waals surface area (Å²) in [6, 6.07) is 20.3. The number of methoxy groups -OCH3 is 1. The zero-order chi connectivity index (χ0) is 19.0. The van der Waals surface area contributed by atoms with Crippen molar-refractivity contribution in [2.24, 2.45) is 0 Å². The van der Waals surface area contributed by atoms with Crippen LogP contribution in [0.3, 0.4) is 0 Å². The molecule has 4 aromatic rings. The molecular formula is C22H18N2O2S. The molecule has 0 bridgehead atoms. The summed E-state index contributed by atoms with van der Waals surface area (Å²) < 4.78 is 4.89. The van der Waals surface area contributed by atoms with Gasteiger partial charge in [-0.3, -0.25) is 0 Å². The molecule has 4 rings (SSSR count). The Hall–Kier alpha value is -3.18. The summed E-state index contributed by atoms with van der Waals surface area (Å²) in [5.41, 5.74) is 11.8. The summed E-state index contributed by atoms with van der Waals surface area (Å²) in [6.07, 6.45) is 0. The molecule has 4 nitrogen and oxygen atoms in total. The molecular weight excluding hydrogens is 356 g/mol. The molecule has 0 spiro atoms. The molecule has 0 radical (unpaired) electrons. The third-order valence-electron chi connectivity index (χ3n) is 4.50. The smallest absolute Gasteiger partial charge is 0.350 e. The summed E-state index contributed by atoms with van der Waals surface area (Å²) in [5.74, 6) is -0.438. The van der Waals surface area contributed by atoms with Crippen molar-refractivity contribution in [1.82, 2.24) is 4.98 Å². The summed E-state index contributed by atoms with van der Waals surface area (Å²) in [4.78, 5) is 18.0. The second-order valence-electron chi connectivity index (χ2n) is 6.30. The predicted octanol–water partition coefficient (Wildman–Crippen LogP) is 5.31. The first kappa shape index (κ1) is 17.2. The van der Waals surface area contributed by atoms with Gasteiger partial charge in [-0.25, -0.2) is 9.78 Å². The Labute approximate surface area is 161 Å². The standard InChI is InChI=1S/C22H18N2O2S/c1-13-8-10-14(11-9-13)16-12-17(15-6-4-3-5-7-15)24-21-18(16)19(23)20(27-21)22(25)26-2/h3-12H,23H2,1-2H3. The molecule has 2 N–H and O–H groups in total. The number of carbonyl (C=O) groups excluding carboxylic acids is 1. The van der Waals surface area contributed by atoms with Crippen LogP contribution in [0.25, 0.3) is 32.6 Å². The average molecular weight is 374 g/mol. The van der Waals surface area contributed by atoms with E-state index >= 15 is 0 Å². The van der Waals surface area contributed by atoms with Crippen LogP contribution in [0.15, 0.2) is 60.7 Å². The van der Waals surface area contributed by atoms with Crippen molar-refractivity contribution in [3.05, 3.63) is 71.1 Å². The topological polar surface area (TPSA) is 65.2 Å². The predicted molar refractivity (Wildman–Crippen MR) is 111 cm³/mol. The number of aromatic nitrogens is 1. The fourth-order valence-corrected chi connectivity index (χ4v) is 4.12. The van der Waals surface area contributed by atoms with Gasteiger partial charge in [0.1, 0.15) is 9.71 Å². The Kier molecular flexibility index (Phi) is 4.38. The molecule has 0 aliphatic rings. The van der Waals surface area contributed by atoms with Gasteiger partial charge < -0.3 is 10.5 Å². The van der Waals surface area contributed by atoms with Gasteiger partial charge in [0, 0.05) is 10.9 Å². The van der Waals surface area contributed by atoms with Crippen LogP contribution in [0.2, 0.25) is 0 Å². The Morgan fingerprint density at radius 1 is 1.04 bits per heavy atom. The van der Waals surface area contributed by atoms with Crippen molar-refractivity contribution >= 4 is 33.2 Å². The molecule has 2 aromatic heterocycles. The first-order valence-corrected chi connectivity index (χ1v) is 9.34. The van der Waals surface area contributed by atoms with Gasteiger partial charge in [0.2, 0.25) is 0 Å². The molecule has 0 amide bonds. The lowest BCUT2D eigenvalue weighted by molar-refractivity contribution is 0.0607. The van der Waals surface area contributed by atoms with E-state index < -0.39 is 5.97 Å². The van der Waals surface area contributed by atoms with Crippen molar-refractivity contribution in [3.8, 4) is 22.4 Å². The van der Waals surface area contributed by atoms with Crippen LogP contribution in [0.1, 0.15) is 15.2 Å². The number of rotatable bonds is 3. The Balaban J connectivity index is 2.04. The normalized spacial score (nSPS) is 10.9. The molecule has 0 saturated carbocycles. The lowest BCUT2D eigenvalue weighted by Gasteiger charge is -2.09. The van der Waals surface area contributed by atoms with Crippen molar-refractivity contribution in [1.29, 1.82) is 0 Å². The van der Waals surface area contributed by atoms with E-state index in [2.05, 4.69) is 31.2 Å². The number of nitrogens with zero attached hydrogens (tertiary/aromatic N) is 1. The van der Waals surface area contributed by atoms with Gasteiger partial charge in [-0.2, -0.15) is 0 Å². The van der Waals surface area contributed by atoms with Crippen LogP contribution < -0.4 is 5.73 Å².